The molecule has 1 aliphatic carbocycles. The molecule has 0 spiro atoms. The van der Waals surface area contributed by atoms with Crippen molar-refractivity contribution in [3.05, 3.63) is 68.8 Å². The van der Waals surface area contributed by atoms with E-state index in [0.717, 1.165) is 72.3 Å². The fourth-order valence-corrected chi connectivity index (χ4v) is 4.37. The molecule has 0 N–H and O–H groups in total. The number of pyridine rings is 1. The predicted molar refractivity (Wildman–Crippen MR) is 103 cm³/mol. The van der Waals surface area contributed by atoms with Crippen molar-refractivity contribution < 1.29 is 9.15 Å². The molecule has 2 aliphatic rings. The summed E-state index contributed by atoms with van der Waals surface area (Å²) < 4.78 is 11.8. The highest BCUT2D eigenvalue weighted by Gasteiger charge is 2.25. The number of ether oxygens (including phenoxy) is 1. The minimum Gasteiger partial charge on any atom is -0.477 e. The largest absolute Gasteiger partial charge is 0.477 e. The molecule has 0 amide bonds. The third-order valence-corrected chi connectivity index (χ3v) is 5.67. The molecule has 3 aromatic rings. The lowest BCUT2D eigenvalue weighted by Gasteiger charge is -2.30. The topological polar surface area (TPSA) is 55.6 Å². The third kappa shape index (κ3) is 2.82. The molecule has 0 radical (unpaired) electrons. The Hall–Kier alpha value is -2.66. The Morgan fingerprint density at radius 3 is 2.85 bits per heavy atom. The van der Waals surface area contributed by atoms with Gasteiger partial charge in [0.15, 0.2) is 0 Å². The summed E-state index contributed by atoms with van der Waals surface area (Å²) in [5.41, 5.74) is 5.69. The summed E-state index contributed by atoms with van der Waals surface area (Å²) in [5, 5.41) is 1.09. The molecule has 0 bridgehead atoms. The Kier molecular flexibility index (Phi) is 3.97. The van der Waals surface area contributed by atoms with Crippen LogP contribution in [0.5, 0.6) is 5.75 Å². The minimum absolute atomic E-state index is 0.173. The van der Waals surface area contributed by atoms with Gasteiger partial charge in [0, 0.05) is 41.4 Å². The van der Waals surface area contributed by atoms with Gasteiger partial charge in [0.25, 0.3) is 0 Å². The van der Waals surface area contributed by atoms with Crippen LogP contribution < -0.4 is 10.4 Å². The van der Waals surface area contributed by atoms with Gasteiger partial charge in [0.1, 0.15) is 18.1 Å². The molecule has 27 heavy (non-hydrogen) atoms. The second-order valence-electron chi connectivity index (χ2n) is 7.50. The van der Waals surface area contributed by atoms with E-state index in [1.165, 1.54) is 5.56 Å². The van der Waals surface area contributed by atoms with E-state index < -0.39 is 0 Å². The van der Waals surface area contributed by atoms with Gasteiger partial charge in [0.05, 0.1) is 5.69 Å². The summed E-state index contributed by atoms with van der Waals surface area (Å²) in [7, 11) is 0. The molecular formula is C22H22N2O3. The molecule has 2 aromatic heterocycles. The maximum absolute atomic E-state index is 12.4. The van der Waals surface area contributed by atoms with Crippen molar-refractivity contribution in [1.29, 1.82) is 0 Å². The highest BCUT2D eigenvalue weighted by atomic mass is 16.5. The summed E-state index contributed by atoms with van der Waals surface area (Å²) in [6, 6.07) is 8.15. The molecule has 5 heteroatoms. The fraction of sp³-hybridized carbons (Fsp3) is 0.364. The smallest absolute Gasteiger partial charge is 0.339 e. The molecule has 0 saturated carbocycles. The summed E-state index contributed by atoms with van der Waals surface area (Å²) in [4.78, 5) is 19.1. The molecule has 5 rings (SSSR count). The van der Waals surface area contributed by atoms with Crippen molar-refractivity contribution in [3.63, 3.8) is 0 Å². The van der Waals surface area contributed by atoms with Crippen molar-refractivity contribution in [2.75, 3.05) is 6.73 Å². The molecule has 3 heterocycles. The lowest BCUT2D eigenvalue weighted by Crippen LogP contribution is -2.32. The lowest BCUT2D eigenvalue weighted by molar-refractivity contribution is 0.0870. The maximum atomic E-state index is 12.4. The number of benzene rings is 1. The Morgan fingerprint density at radius 1 is 1.19 bits per heavy atom. The average molecular weight is 362 g/mol. The Labute approximate surface area is 157 Å². The highest BCUT2D eigenvalue weighted by Crippen LogP contribution is 2.37. The van der Waals surface area contributed by atoms with Crippen LogP contribution in [0, 0.1) is 6.92 Å². The zero-order valence-electron chi connectivity index (χ0n) is 15.5. The first-order valence-corrected chi connectivity index (χ1v) is 9.57. The van der Waals surface area contributed by atoms with Crippen molar-refractivity contribution in [3.8, 4) is 5.75 Å². The number of rotatable bonds is 2. The molecule has 1 aromatic carbocycles. The monoisotopic (exact) mass is 362 g/mol. The van der Waals surface area contributed by atoms with E-state index in [0.29, 0.717) is 12.3 Å². The Balaban J connectivity index is 1.57. The zero-order valence-corrected chi connectivity index (χ0v) is 15.5. The maximum Gasteiger partial charge on any atom is 0.339 e. The standard InChI is InChI=1S/C22H22N2O3/c1-14-20-15(11-24(13-26-20)12-16-6-4-5-9-23-16)10-19-17-7-2-3-8-18(17)22(25)27-21(14)19/h4-6,9-10H,2-3,7-8,11-13H2,1H3. The number of hydrogen-bond acceptors (Lipinski definition) is 5. The average Bonchev–Trinajstić information content (AvgIpc) is 2.70. The van der Waals surface area contributed by atoms with E-state index in [2.05, 4.69) is 16.0 Å². The quantitative estimate of drug-likeness (QED) is 0.650. The first-order valence-electron chi connectivity index (χ1n) is 9.57. The van der Waals surface area contributed by atoms with Crippen LogP contribution in [0.4, 0.5) is 0 Å². The fourth-order valence-electron chi connectivity index (χ4n) is 4.37. The van der Waals surface area contributed by atoms with Gasteiger partial charge in [-0.3, -0.25) is 9.88 Å². The van der Waals surface area contributed by atoms with Crippen LogP contribution in [0.15, 0.2) is 39.7 Å². The van der Waals surface area contributed by atoms with Gasteiger partial charge in [-0.1, -0.05) is 6.07 Å². The normalized spacial score (nSPS) is 16.6. The van der Waals surface area contributed by atoms with E-state index in [1.54, 1.807) is 0 Å². The second-order valence-corrected chi connectivity index (χ2v) is 7.50. The van der Waals surface area contributed by atoms with Crippen molar-refractivity contribution in [2.45, 2.75) is 45.7 Å². The Morgan fingerprint density at radius 2 is 2.04 bits per heavy atom. The van der Waals surface area contributed by atoms with Crippen LogP contribution in [0.1, 0.15) is 40.8 Å². The van der Waals surface area contributed by atoms with Gasteiger partial charge in [-0.2, -0.15) is 0 Å². The molecule has 0 saturated heterocycles. The van der Waals surface area contributed by atoms with Crippen LogP contribution in [0.2, 0.25) is 0 Å². The summed E-state index contributed by atoms with van der Waals surface area (Å²) in [6.07, 6.45) is 5.79. The first kappa shape index (κ1) is 16.5. The van der Waals surface area contributed by atoms with Gasteiger partial charge in [-0.15, -0.1) is 0 Å². The third-order valence-electron chi connectivity index (χ3n) is 5.67. The van der Waals surface area contributed by atoms with Gasteiger partial charge in [-0.25, -0.2) is 4.79 Å². The molecule has 138 valence electrons. The highest BCUT2D eigenvalue weighted by molar-refractivity contribution is 5.87. The number of aryl methyl sites for hydroxylation is 2. The predicted octanol–water partition coefficient (Wildman–Crippen LogP) is 3.73. The Bertz CT molecular complexity index is 1070. The molecule has 0 atom stereocenters. The summed E-state index contributed by atoms with van der Waals surface area (Å²) >= 11 is 0. The van der Waals surface area contributed by atoms with Crippen LogP contribution in [0.3, 0.4) is 0 Å². The van der Waals surface area contributed by atoms with Crippen molar-refractivity contribution in [1.82, 2.24) is 9.88 Å². The molecule has 0 fully saturated rings. The van der Waals surface area contributed by atoms with E-state index in [-0.39, 0.29) is 5.63 Å². The minimum atomic E-state index is -0.173. The van der Waals surface area contributed by atoms with Gasteiger partial charge >= 0.3 is 5.63 Å². The van der Waals surface area contributed by atoms with E-state index >= 15 is 0 Å². The van der Waals surface area contributed by atoms with Crippen molar-refractivity contribution in [2.24, 2.45) is 0 Å². The number of fused-ring (bicyclic) bond motifs is 4. The number of nitrogens with zero attached hydrogens (tertiary/aromatic N) is 2. The lowest BCUT2D eigenvalue weighted by atomic mass is 9.89. The van der Waals surface area contributed by atoms with Crippen molar-refractivity contribution >= 4 is 11.0 Å². The molecular weight excluding hydrogens is 340 g/mol. The molecule has 5 nitrogen and oxygen atoms in total. The van der Waals surface area contributed by atoms with Crippen LogP contribution in [-0.4, -0.2) is 16.6 Å². The number of hydrogen-bond donors (Lipinski definition) is 0. The zero-order chi connectivity index (χ0) is 18.4. The van der Waals surface area contributed by atoms with Crippen LogP contribution >= 0.6 is 0 Å². The van der Waals surface area contributed by atoms with E-state index in [1.807, 2.05) is 31.3 Å². The van der Waals surface area contributed by atoms with E-state index in [4.69, 9.17) is 9.15 Å². The van der Waals surface area contributed by atoms with Crippen LogP contribution in [-0.2, 0) is 25.9 Å². The number of aromatic nitrogens is 1. The van der Waals surface area contributed by atoms with Gasteiger partial charge in [-0.05, 0) is 56.4 Å². The molecule has 1 aliphatic heterocycles. The molecule has 0 unspecified atom stereocenters. The SMILES string of the molecule is Cc1c2c(cc3c4c(c(=O)oc13)CCCC4)CN(Cc1ccccn1)CO2. The summed E-state index contributed by atoms with van der Waals surface area (Å²) in [5.74, 6) is 0.860. The van der Waals surface area contributed by atoms with Gasteiger partial charge in [0.2, 0.25) is 0 Å². The first-order chi connectivity index (χ1) is 13.2. The second kappa shape index (κ2) is 6.50. The van der Waals surface area contributed by atoms with E-state index in [9.17, 15) is 4.79 Å². The van der Waals surface area contributed by atoms with Crippen LogP contribution in [0.25, 0.3) is 11.0 Å². The summed E-state index contributed by atoms with van der Waals surface area (Å²) in [6.45, 7) is 4.05. The van der Waals surface area contributed by atoms with Gasteiger partial charge < -0.3 is 9.15 Å².